The van der Waals surface area contributed by atoms with Gasteiger partial charge in [-0.1, -0.05) is 58.0 Å². The third-order valence-corrected chi connectivity index (χ3v) is 11.1. The Bertz CT molecular complexity index is 828. The van der Waals surface area contributed by atoms with Crippen LogP contribution in [0.3, 0.4) is 0 Å². The first-order valence-corrected chi connectivity index (χ1v) is 13.1. The largest absolute Gasteiger partial charge is 0.299 e. The summed E-state index contributed by atoms with van der Waals surface area (Å²) in [6.07, 6.45) is 12.2. The second-order valence-electron chi connectivity index (χ2n) is 11.5. The number of ketones is 1. The van der Waals surface area contributed by atoms with E-state index in [9.17, 15) is 4.79 Å². The van der Waals surface area contributed by atoms with Gasteiger partial charge in [0.2, 0.25) is 0 Å². The SMILES string of the molecule is CC(C)[C@H]1CC[C@H]2[C@@H]3CC(=O)[C@H]4C[C@@H](Sc5ccccc5)C=C[C@@]4(C)[C@H]3CC[C@]12C. The van der Waals surface area contributed by atoms with Crippen LogP contribution in [0.15, 0.2) is 47.4 Å². The Kier molecular flexibility index (Phi) is 5.24. The molecule has 3 fully saturated rings. The molecule has 0 spiro atoms. The highest BCUT2D eigenvalue weighted by Crippen LogP contribution is 2.67. The average Bonchev–Trinajstić information content (AvgIpc) is 3.08. The van der Waals surface area contributed by atoms with Gasteiger partial charge in [-0.25, -0.2) is 0 Å². The highest BCUT2D eigenvalue weighted by atomic mass is 32.2. The Morgan fingerprint density at radius 2 is 1.80 bits per heavy atom. The fourth-order valence-corrected chi connectivity index (χ4v) is 9.58. The third-order valence-electron chi connectivity index (χ3n) is 9.86. The molecule has 8 atom stereocenters. The van der Waals surface area contributed by atoms with Gasteiger partial charge in [0, 0.05) is 22.5 Å². The summed E-state index contributed by atoms with van der Waals surface area (Å²) >= 11 is 1.93. The first-order valence-electron chi connectivity index (χ1n) is 12.3. The summed E-state index contributed by atoms with van der Waals surface area (Å²) in [5.74, 6) is 4.47. The first-order chi connectivity index (χ1) is 14.3. The van der Waals surface area contributed by atoms with Crippen molar-refractivity contribution in [3.63, 3.8) is 0 Å². The molecule has 0 heterocycles. The Hall–Kier alpha value is -1.02. The van der Waals surface area contributed by atoms with Crippen molar-refractivity contribution in [3.05, 3.63) is 42.5 Å². The summed E-state index contributed by atoms with van der Waals surface area (Å²) in [4.78, 5) is 14.9. The Morgan fingerprint density at radius 1 is 1.03 bits per heavy atom. The highest BCUT2D eigenvalue weighted by molar-refractivity contribution is 8.00. The topological polar surface area (TPSA) is 17.1 Å². The van der Waals surface area contributed by atoms with E-state index in [1.54, 1.807) is 0 Å². The van der Waals surface area contributed by atoms with Gasteiger partial charge in [-0.2, -0.15) is 0 Å². The van der Waals surface area contributed by atoms with Gasteiger partial charge >= 0.3 is 0 Å². The van der Waals surface area contributed by atoms with Crippen LogP contribution < -0.4 is 0 Å². The number of hydrogen-bond acceptors (Lipinski definition) is 2. The summed E-state index contributed by atoms with van der Waals surface area (Å²) in [6.45, 7) is 9.85. The van der Waals surface area contributed by atoms with Gasteiger partial charge in [0.15, 0.2) is 0 Å². The molecule has 30 heavy (non-hydrogen) atoms. The lowest BCUT2D eigenvalue weighted by Gasteiger charge is -2.59. The van der Waals surface area contributed by atoms with Gasteiger partial charge in [-0.05, 0) is 84.7 Å². The quantitative estimate of drug-likeness (QED) is 0.471. The molecule has 162 valence electrons. The van der Waals surface area contributed by atoms with Crippen molar-refractivity contribution in [1.29, 1.82) is 0 Å². The molecule has 0 aliphatic heterocycles. The van der Waals surface area contributed by atoms with Crippen LogP contribution >= 0.6 is 11.8 Å². The van der Waals surface area contributed by atoms with Crippen LogP contribution in [0.2, 0.25) is 0 Å². The van der Waals surface area contributed by atoms with Crippen LogP contribution in [-0.2, 0) is 4.79 Å². The minimum atomic E-state index is 0.0744. The molecule has 4 aliphatic rings. The molecule has 4 aliphatic carbocycles. The second kappa shape index (κ2) is 7.54. The predicted molar refractivity (Wildman–Crippen MR) is 126 cm³/mol. The minimum absolute atomic E-state index is 0.0744. The van der Waals surface area contributed by atoms with Gasteiger partial charge in [0.1, 0.15) is 5.78 Å². The number of carbonyl (C=O) groups is 1. The molecule has 0 bridgehead atoms. The third kappa shape index (κ3) is 3.15. The number of hydrogen-bond donors (Lipinski definition) is 0. The van der Waals surface area contributed by atoms with Crippen molar-refractivity contribution < 1.29 is 4.79 Å². The van der Waals surface area contributed by atoms with E-state index < -0.39 is 0 Å². The maximum Gasteiger partial charge on any atom is 0.137 e. The molecular weight excluding hydrogens is 384 g/mol. The van der Waals surface area contributed by atoms with Gasteiger partial charge < -0.3 is 0 Å². The molecule has 1 aromatic rings. The van der Waals surface area contributed by atoms with Gasteiger partial charge in [-0.3, -0.25) is 4.79 Å². The molecule has 0 aromatic heterocycles. The highest BCUT2D eigenvalue weighted by Gasteiger charge is 2.61. The minimum Gasteiger partial charge on any atom is -0.299 e. The van der Waals surface area contributed by atoms with E-state index in [0.29, 0.717) is 28.3 Å². The molecule has 0 N–H and O–H groups in total. The molecule has 3 saturated carbocycles. The van der Waals surface area contributed by atoms with Crippen LogP contribution in [0.25, 0.3) is 0 Å². The van der Waals surface area contributed by atoms with Crippen molar-refractivity contribution in [2.45, 2.75) is 76.4 Å². The lowest BCUT2D eigenvalue weighted by Crippen LogP contribution is -2.55. The second-order valence-corrected chi connectivity index (χ2v) is 12.8. The zero-order valence-corrected chi connectivity index (χ0v) is 20.0. The Morgan fingerprint density at radius 3 is 2.53 bits per heavy atom. The lowest BCUT2D eigenvalue weighted by molar-refractivity contribution is -0.144. The van der Waals surface area contributed by atoms with E-state index in [-0.39, 0.29) is 11.3 Å². The molecule has 0 radical (unpaired) electrons. The van der Waals surface area contributed by atoms with Gasteiger partial charge in [0.05, 0.1) is 0 Å². The van der Waals surface area contributed by atoms with Crippen molar-refractivity contribution in [2.24, 2.45) is 46.3 Å². The van der Waals surface area contributed by atoms with Crippen molar-refractivity contribution in [1.82, 2.24) is 0 Å². The van der Waals surface area contributed by atoms with E-state index in [0.717, 1.165) is 30.6 Å². The van der Waals surface area contributed by atoms with E-state index in [1.807, 2.05) is 11.8 Å². The molecule has 1 nitrogen and oxygen atoms in total. The normalized spacial score (nSPS) is 45.2. The number of benzene rings is 1. The molecular formula is C28H38OS. The summed E-state index contributed by atoms with van der Waals surface area (Å²) in [7, 11) is 0. The van der Waals surface area contributed by atoms with Gasteiger partial charge in [-0.15, -0.1) is 11.8 Å². The molecule has 0 unspecified atom stereocenters. The zero-order valence-electron chi connectivity index (χ0n) is 19.1. The molecule has 0 amide bonds. The van der Waals surface area contributed by atoms with E-state index >= 15 is 0 Å². The van der Waals surface area contributed by atoms with Crippen molar-refractivity contribution >= 4 is 17.5 Å². The molecule has 0 saturated heterocycles. The van der Waals surface area contributed by atoms with Crippen LogP contribution in [0.1, 0.15) is 66.2 Å². The number of fused-ring (bicyclic) bond motifs is 5. The number of carbonyl (C=O) groups excluding carboxylic acids is 1. The molecule has 2 heteroatoms. The monoisotopic (exact) mass is 422 g/mol. The standard InChI is InChI=1S/C28H38OS/c1-18(2)22-10-11-23-21-17-26(29)25-16-20(30-19-8-6-5-7-9-19)12-14-28(25,4)24(21)13-15-27(22,23)3/h5-9,12,14,18,20-25H,10-11,13,15-17H2,1-4H3/t20-,21-,22+,23-,24-,25+,27+,28-/m0/s1. The number of allylic oxidation sites excluding steroid dienone is 1. The Balaban J connectivity index is 1.40. The first kappa shape index (κ1) is 20.9. The van der Waals surface area contributed by atoms with E-state index in [4.69, 9.17) is 0 Å². The maximum atomic E-state index is 13.6. The maximum absolute atomic E-state index is 13.6. The van der Waals surface area contributed by atoms with Crippen LogP contribution in [0.5, 0.6) is 0 Å². The van der Waals surface area contributed by atoms with Crippen molar-refractivity contribution in [3.8, 4) is 0 Å². The zero-order chi connectivity index (χ0) is 21.1. The van der Waals surface area contributed by atoms with Crippen LogP contribution in [0.4, 0.5) is 0 Å². The molecule has 1 aromatic carbocycles. The number of Topliss-reactive ketones (excluding diaryl/α,β-unsaturated/α-hetero) is 1. The fraction of sp³-hybridized carbons (Fsp3) is 0.679. The number of rotatable bonds is 3. The van der Waals surface area contributed by atoms with Crippen molar-refractivity contribution in [2.75, 3.05) is 0 Å². The molecule has 5 rings (SSSR count). The fourth-order valence-electron chi connectivity index (χ4n) is 8.47. The predicted octanol–water partition coefficient (Wildman–Crippen LogP) is 7.42. The summed E-state index contributed by atoms with van der Waals surface area (Å²) in [5, 5.41) is 0.427. The van der Waals surface area contributed by atoms with Crippen LogP contribution in [0, 0.1) is 46.3 Å². The average molecular weight is 423 g/mol. The lowest BCUT2D eigenvalue weighted by atomic mass is 9.45. The van der Waals surface area contributed by atoms with E-state index in [2.05, 4.69) is 70.2 Å². The van der Waals surface area contributed by atoms with Crippen LogP contribution in [-0.4, -0.2) is 11.0 Å². The Labute approximate surface area is 187 Å². The van der Waals surface area contributed by atoms with Gasteiger partial charge in [0.25, 0.3) is 0 Å². The van der Waals surface area contributed by atoms with E-state index in [1.165, 1.54) is 30.6 Å². The number of thioether (sulfide) groups is 1. The summed E-state index contributed by atoms with van der Waals surface area (Å²) < 4.78 is 0. The summed E-state index contributed by atoms with van der Waals surface area (Å²) in [6, 6.07) is 10.7. The summed E-state index contributed by atoms with van der Waals surface area (Å²) in [5.41, 5.74) is 0.536. The smallest absolute Gasteiger partial charge is 0.137 e.